The van der Waals surface area contributed by atoms with E-state index in [0.29, 0.717) is 48.7 Å². The van der Waals surface area contributed by atoms with Crippen LogP contribution in [0.25, 0.3) is 0 Å². The normalized spacial score (nSPS) is 18.3. The van der Waals surface area contributed by atoms with E-state index in [1.165, 1.54) is 0 Å². The number of halogens is 1. The molecule has 2 heterocycles. The van der Waals surface area contributed by atoms with Crippen LogP contribution in [-0.2, 0) is 4.79 Å². The van der Waals surface area contributed by atoms with Crippen molar-refractivity contribution < 1.29 is 19.1 Å². The van der Waals surface area contributed by atoms with Crippen molar-refractivity contribution in [2.45, 2.75) is 32.7 Å². The van der Waals surface area contributed by atoms with Crippen molar-refractivity contribution in [3.63, 3.8) is 0 Å². The SMILES string of the molecule is COc1ccc(C2=NN(C3CCN(C(=O)c4ccccc4Br)CC3)C(=O)C2(C)C)cc1OC. The molecule has 0 atom stereocenters. The second-order valence-corrected chi connectivity index (χ2v) is 9.65. The van der Waals surface area contributed by atoms with E-state index >= 15 is 0 Å². The predicted octanol–water partition coefficient (Wildman–Crippen LogP) is 4.34. The topological polar surface area (TPSA) is 71.4 Å². The van der Waals surface area contributed by atoms with Crippen molar-refractivity contribution >= 4 is 33.5 Å². The zero-order valence-electron chi connectivity index (χ0n) is 19.3. The van der Waals surface area contributed by atoms with Gasteiger partial charge in [0.15, 0.2) is 11.5 Å². The number of carbonyl (C=O) groups excluding carboxylic acids is 2. The van der Waals surface area contributed by atoms with Crippen LogP contribution in [0, 0.1) is 5.41 Å². The third-order valence-corrected chi connectivity index (χ3v) is 7.09. The summed E-state index contributed by atoms with van der Waals surface area (Å²) in [5.41, 5.74) is 1.43. The first-order valence-electron chi connectivity index (χ1n) is 11.0. The molecule has 7 nitrogen and oxygen atoms in total. The molecule has 0 spiro atoms. The van der Waals surface area contributed by atoms with E-state index < -0.39 is 5.41 Å². The van der Waals surface area contributed by atoms with Crippen molar-refractivity contribution in [2.24, 2.45) is 10.5 Å². The van der Waals surface area contributed by atoms with Gasteiger partial charge in [0.05, 0.1) is 37.0 Å². The van der Waals surface area contributed by atoms with Crippen molar-refractivity contribution in [1.82, 2.24) is 9.91 Å². The summed E-state index contributed by atoms with van der Waals surface area (Å²) in [6, 6.07) is 13.0. The van der Waals surface area contributed by atoms with E-state index in [0.717, 1.165) is 10.0 Å². The Kier molecular flexibility index (Phi) is 6.47. The molecule has 0 saturated carbocycles. The molecule has 174 valence electrons. The molecule has 2 aromatic rings. The summed E-state index contributed by atoms with van der Waals surface area (Å²) in [7, 11) is 3.18. The molecule has 1 saturated heterocycles. The van der Waals surface area contributed by atoms with E-state index in [4.69, 9.17) is 14.6 Å². The van der Waals surface area contributed by atoms with E-state index in [2.05, 4.69) is 15.9 Å². The third-order valence-electron chi connectivity index (χ3n) is 6.40. The van der Waals surface area contributed by atoms with Gasteiger partial charge < -0.3 is 14.4 Å². The molecule has 8 heteroatoms. The second kappa shape index (κ2) is 9.17. The Labute approximate surface area is 202 Å². The number of piperidine rings is 1. The molecule has 0 radical (unpaired) electrons. The number of ether oxygens (including phenoxy) is 2. The molecule has 2 aromatic carbocycles. The standard InChI is InChI=1S/C25H28BrN3O4/c1-25(2)22(16-9-10-20(32-3)21(15-16)33-4)27-29(24(25)31)17-11-13-28(14-12-17)23(30)18-7-5-6-8-19(18)26/h5-10,15,17H,11-14H2,1-4H3. The molecule has 0 N–H and O–H groups in total. The molecule has 33 heavy (non-hydrogen) atoms. The zero-order valence-corrected chi connectivity index (χ0v) is 20.9. The Morgan fingerprint density at radius 1 is 1.06 bits per heavy atom. The number of benzene rings is 2. The lowest BCUT2D eigenvalue weighted by Crippen LogP contribution is -2.47. The van der Waals surface area contributed by atoms with Crippen LogP contribution in [0.5, 0.6) is 11.5 Å². The zero-order chi connectivity index (χ0) is 23.8. The number of carbonyl (C=O) groups is 2. The van der Waals surface area contributed by atoms with Gasteiger partial charge in [-0.1, -0.05) is 12.1 Å². The summed E-state index contributed by atoms with van der Waals surface area (Å²) in [5.74, 6) is 1.20. The van der Waals surface area contributed by atoms with E-state index in [9.17, 15) is 9.59 Å². The maximum absolute atomic E-state index is 13.3. The number of amides is 2. The Balaban J connectivity index is 1.52. The fraction of sp³-hybridized carbons (Fsp3) is 0.400. The smallest absolute Gasteiger partial charge is 0.254 e. The van der Waals surface area contributed by atoms with E-state index in [1.807, 2.05) is 61.2 Å². The number of rotatable bonds is 5. The highest BCUT2D eigenvalue weighted by molar-refractivity contribution is 9.10. The fourth-order valence-electron chi connectivity index (χ4n) is 4.43. The van der Waals surface area contributed by atoms with Crippen LogP contribution in [0.1, 0.15) is 42.6 Å². The van der Waals surface area contributed by atoms with Gasteiger partial charge in [-0.2, -0.15) is 5.10 Å². The van der Waals surface area contributed by atoms with Crippen LogP contribution < -0.4 is 9.47 Å². The Bertz CT molecular complexity index is 1110. The van der Waals surface area contributed by atoms with Gasteiger partial charge in [0.2, 0.25) is 0 Å². The van der Waals surface area contributed by atoms with Crippen molar-refractivity contribution in [1.29, 1.82) is 0 Å². The maximum atomic E-state index is 13.3. The van der Waals surface area contributed by atoms with Gasteiger partial charge in [-0.3, -0.25) is 9.59 Å². The minimum absolute atomic E-state index is 0.00326. The summed E-state index contributed by atoms with van der Waals surface area (Å²) in [4.78, 5) is 28.1. The Morgan fingerprint density at radius 2 is 1.73 bits per heavy atom. The highest BCUT2D eigenvalue weighted by Crippen LogP contribution is 2.37. The average Bonchev–Trinajstić information content (AvgIpc) is 3.07. The first kappa shape index (κ1) is 23.3. The van der Waals surface area contributed by atoms with E-state index in [1.54, 1.807) is 19.2 Å². The molecule has 0 aliphatic carbocycles. The lowest BCUT2D eigenvalue weighted by molar-refractivity contribution is -0.137. The minimum Gasteiger partial charge on any atom is -0.493 e. The molecule has 1 fully saturated rings. The van der Waals surface area contributed by atoms with Gasteiger partial charge >= 0.3 is 0 Å². The largest absolute Gasteiger partial charge is 0.493 e. The molecule has 2 aliphatic heterocycles. The Hall–Kier alpha value is -2.87. The molecule has 0 aromatic heterocycles. The minimum atomic E-state index is -0.762. The van der Waals surface area contributed by atoms with Crippen LogP contribution in [0.3, 0.4) is 0 Å². The van der Waals surface area contributed by atoms with Gasteiger partial charge in [-0.25, -0.2) is 5.01 Å². The van der Waals surface area contributed by atoms with Gasteiger partial charge in [-0.15, -0.1) is 0 Å². The quantitative estimate of drug-likeness (QED) is 0.595. The molecule has 0 bridgehead atoms. The molecule has 2 amide bonds. The van der Waals surface area contributed by atoms with Crippen molar-refractivity contribution in [3.8, 4) is 11.5 Å². The highest BCUT2D eigenvalue weighted by Gasteiger charge is 2.47. The van der Waals surface area contributed by atoms with Crippen LogP contribution in [0.4, 0.5) is 0 Å². The number of hydrogen-bond donors (Lipinski definition) is 0. The summed E-state index contributed by atoms with van der Waals surface area (Å²) in [6.45, 7) is 4.96. The second-order valence-electron chi connectivity index (χ2n) is 8.80. The fourth-order valence-corrected chi connectivity index (χ4v) is 4.89. The first-order chi connectivity index (χ1) is 15.8. The van der Waals surface area contributed by atoms with Crippen LogP contribution in [0.15, 0.2) is 52.0 Å². The lowest BCUT2D eigenvalue weighted by Gasteiger charge is -2.35. The van der Waals surface area contributed by atoms with Crippen LogP contribution in [-0.4, -0.2) is 60.8 Å². The summed E-state index contributed by atoms with van der Waals surface area (Å²) >= 11 is 3.46. The number of likely N-dealkylation sites (tertiary alicyclic amines) is 1. The molecule has 4 rings (SSSR count). The predicted molar refractivity (Wildman–Crippen MR) is 130 cm³/mol. The molecule has 0 unspecified atom stereocenters. The summed E-state index contributed by atoms with van der Waals surface area (Å²) in [5, 5.41) is 6.41. The lowest BCUT2D eigenvalue weighted by atomic mass is 9.83. The first-order valence-corrected chi connectivity index (χ1v) is 11.8. The van der Waals surface area contributed by atoms with Gasteiger partial charge in [0.1, 0.15) is 0 Å². The molecular weight excluding hydrogens is 486 g/mol. The van der Waals surface area contributed by atoms with Crippen LogP contribution in [0.2, 0.25) is 0 Å². The average molecular weight is 514 g/mol. The third kappa shape index (κ3) is 4.24. The monoisotopic (exact) mass is 513 g/mol. The Morgan fingerprint density at radius 3 is 2.36 bits per heavy atom. The maximum Gasteiger partial charge on any atom is 0.254 e. The van der Waals surface area contributed by atoms with Crippen molar-refractivity contribution in [3.05, 3.63) is 58.1 Å². The van der Waals surface area contributed by atoms with Crippen molar-refractivity contribution in [2.75, 3.05) is 27.3 Å². The van der Waals surface area contributed by atoms with Gasteiger partial charge in [0.25, 0.3) is 11.8 Å². The van der Waals surface area contributed by atoms with E-state index in [-0.39, 0.29) is 17.9 Å². The van der Waals surface area contributed by atoms with Gasteiger partial charge in [-0.05, 0) is 73.0 Å². The number of hydrogen-bond acceptors (Lipinski definition) is 5. The van der Waals surface area contributed by atoms with Crippen LogP contribution >= 0.6 is 15.9 Å². The summed E-state index contributed by atoms with van der Waals surface area (Å²) < 4.78 is 11.6. The summed E-state index contributed by atoms with van der Waals surface area (Å²) in [6.07, 6.45) is 1.36. The number of nitrogens with zero attached hydrogens (tertiary/aromatic N) is 3. The highest BCUT2D eigenvalue weighted by atomic mass is 79.9. The van der Waals surface area contributed by atoms with Gasteiger partial charge in [0, 0.05) is 23.1 Å². The number of methoxy groups -OCH3 is 2. The number of hydrazone groups is 1. The molecule has 2 aliphatic rings. The molecular formula is C25H28BrN3O4.